The first kappa shape index (κ1) is 10.1. The molecule has 1 aromatic heterocycles. The number of ether oxygens (including phenoxy) is 1. The predicted octanol–water partition coefficient (Wildman–Crippen LogP) is 3.79. The van der Waals surface area contributed by atoms with Gasteiger partial charge in [0, 0.05) is 10.8 Å². The van der Waals surface area contributed by atoms with Crippen LogP contribution in [0, 0.1) is 0 Å². The number of para-hydroxylation sites is 2. The van der Waals surface area contributed by atoms with E-state index in [1.165, 1.54) is 0 Å². The molecule has 0 bridgehead atoms. The smallest absolute Gasteiger partial charge is 0.145 e. The zero-order valence-electron chi connectivity index (χ0n) is 9.68. The molecular formula is C15H13NO. The molecule has 0 saturated heterocycles. The molecule has 1 heterocycles. The first-order valence-corrected chi connectivity index (χ1v) is 5.80. The van der Waals surface area contributed by atoms with Crippen LogP contribution < -0.4 is 4.74 Å². The SMILES string of the molecule is CCOc1cccc2cc3ccccc3nc12. The van der Waals surface area contributed by atoms with E-state index in [4.69, 9.17) is 4.74 Å². The summed E-state index contributed by atoms with van der Waals surface area (Å²) in [7, 11) is 0. The molecule has 0 aliphatic heterocycles. The summed E-state index contributed by atoms with van der Waals surface area (Å²) in [6, 6.07) is 16.3. The first-order chi connectivity index (χ1) is 8.38. The van der Waals surface area contributed by atoms with Crippen LogP contribution in [0.2, 0.25) is 0 Å². The lowest BCUT2D eigenvalue weighted by Gasteiger charge is -2.07. The molecule has 0 aliphatic carbocycles. The van der Waals surface area contributed by atoms with E-state index >= 15 is 0 Å². The van der Waals surface area contributed by atoms with Gasteiger partial charge in [0.1, 0.15) is 11.3 Å². The zero-order chi connectivity index (χ0) is 11.7. The lowest BCUT2D eigenvalue weighted by atomic mass is 10.1. The van der Waals surface area contributed by atoms with Gasteiger partial charge in [-0.15, -0.1) is 0 Å². The van der Waals surface area contributed by atoms with Crippen molar-refractivity contribution in [2.75, 3.05) is 6.61 Å². The molecule has 0 spiro atoms. The van der Waals surface area contributed by atoms with Crippen molar-refractivity contribution in [2.24, 2.45) is 0 Å². The molecule has 0 radical (unpaired) electrons. The maximum atomic E-state index is 5.61. The summed E-state index contributed by atoms with van der Waals surface area (Å²) < 4.78 is 5.61. The summed E-state index contributed by atoms with van der Waals surface area (Å²) >= 11 is 0. The average molecular weight is 223 g/mol. The van der Waals surface area contributed by atoms with Crippen LogP contribution in [0.15, 0.2) is 48.5 Å². The van der Waals surface area contributed by atoms with E-state index in [0.29, 0.717) is 6.61 Å². The Labute approximate surface area is 99.9 Å². The standard InChI is InChI=1S/C15H13NO/c1-2-17-14-9-5-7-12-10-11-6-3-4-8-13(11)16-15(12)14/h3-10H,2H2,1H3. The van der Waals surface area contributed by atoms with Crippen LogP contribution in [0.25, 0.3) is 21.8 Å². The Morgan fingerprint density at radius 3 is 2.71 bits per heavy atom. The lowest BCUT2D eigenvalue weighted by molar-refractivity contribution is 0.343. The monoisotopic (exact) mass is 223 g/mol. The second kappa shape index (κ2) is 4.06. The van der Waals surface area contributed by atoms with Crippen molar-refractivity contribution < 1.29 is 4.74 Å². The fourth-order valence-corrected chi connectivity index (χ4v) is 2.05. The van der Waals surface area contributed by atoms with Gasteiger partial charge in [0.05, 0.1) is 12.1 Å². The molecule has 17 heavy (non-hydrogen) atoms. The van der Waals surface area contributed by atoms with Gasteiger partial charge < -0.3 is 4.74 Å². The minimum absolute atomic E-state index is 0.660. The van der Waals surface area contributed by atoms with E-state index in [-0.39, 0.29) is 0 Å². The van der Waals surface area contributed by atoms with E-state index in [0.717, 1.165) is 27.6 Å². The van der Waals surface area contributed by atoms with Gasteiger partial charge in [0.15, 0.2) is 0 Å². The molecule has 0 N–H and O–H groups in total. The number of nitrogens with zero attached hydrogens (tertiary/aromatic N) is 1. The second-order valence-electron chi connectivity index (χ2n) is 3.94. The maximum Gasteiger partial charge on any atom is 0.145 e. The molecular weight excluding hydrogens is 210 g/mol. The quantitative estimate of drug-likeness (QED) is 0.617. The molecule has 0 atom stereocenters. The van der Waals surface area contributed by atoms with E-state index in [2.05, 4.69) is 23.2 Å². The molecule has 3 aromatic rings. The molecule has 0 unspecified atom stereocenters. The molecule has 0 saturated carbocycles. The number of rotatable bonds is 2. The molecule has 2 aromatic carbocycles. The van der Waals surface area contributed by atoms with Gasteiger partial charge in [-0.2, -0.15) is 0 Å². The molecule has 0 fully saturated rings. The summed E-state index contributed by atoms with van der Waals surface area (Å²) in [6.45, 7) is 2.65. The molecule has 3 rings (SSSR count). The van der Waals surface area contributed by atoms with Crippen molar-refractivity contribution in [3.05, 3.63) is 48.5 Å². The highest BCUT2D eigenvalue weighted by atomic mass is 16.5. The third-order valence-electron chi connectivity index (χ3n) is 2.81. The number of pyridine rings is 1. The topological polar surface area (TPSA) is 22.1 Å². The summed E-state index contributed by atoms with van der Waals surface area (Å²) in [5.41, 5.74) is 1.94. The fraction of sp³-hybridized carbons (Fsp3) is 0.133. The number of hydrogen-bond donors (Lipinski definition) is 0. The van der Waals surface area contributed by atoms with Gasteiger partial charge in [-0.1, -0.05) is 30.3 Å². The third kappa shape index (κ3) is 1.72. The average Bonchev–Trinajstić information content (AvgIpc) is 2.37. The van der Waals surface area contributed by atoms with Crippen LogP contribution in [-0.4, -0.2) is 11.6 Å². The fourth-order valence-electron chi connectivity index (χ4n) is 2.05. The molecule has 0 aliphatic rings. The van der Waals surface area contributed by atoms with E-state index < -0.39 is 0 Å². The number of aromatic nitrogens is 1. The Morgan fingerprint density at radius 1 is 1.00 bits per heavy atom. The highest BCUT2D eigenvalue weighted by Crippen LogP contribution is 2.26. The normalized spacial score (nSPS) is 10.9. The number of benzene rings is 2. The van der Waals surface area contributed by atoms with Gasteiger partial charge in [0.25, 0.3) is 0 Å². The minimum atomic E-state index is 0.660. The van der Waals surface area contributed by atoms with Crippen LogP contribution in [-0.2, 0) is 0 Å². The first-order valence-electron chi connectivity index (χ1n) is 5.80. The van der Waals surface area contributed by atoms with Crippen molar-refractivity contribution in [3.63, 3.8) is 0 Å². The summed E-state index contributed by atoms with van der Waals surface area (Å²) in [4.78, 5) is 4.67. The van der Waals surface area contributed by atoms with Gasteiger partial charge in [-0.05, 0) is 25.1 Å². The van der Waals surface area contributed by atoms with Crippen LogP contribution in [0.5, 0.6) is 5.75 Å². The van der Waals surface area contributed by atoms with Crippen molar-refractivity contribution in [3.8, 4) is 5.75 Å². The van der Waals surface area contributed by atoms with Crippen LogP contribution in [0.4, 0.5) is 0 Å². The number of hydrogen-bond acceptors (Lipinski definition) is 2. The maximum absolute atomic E-state index is 5.61. The van der Waals surface area contributed by atoms with Gasteiger partial charge in [-0.25, -0.2) is 4.98 Å². The van der Waals surface area contributed by atoms with Crippen molar-refractivity contribution in [1.29, 1.82) is 0 Å². The second-order valence-corrected chi connectivity index (χ2v) is 3.94. The Balaban J connectivity index is 2.35. The van der Waals surface area contributed by atoms with Crippen LogP contribution >= 0.6 is 0 Å². The van der Waals surface area contributed by atoms with E-state index in [1.54, 1.807) is 0 Å². The highest BCUT2D eigenvalue weighted by Gasteiger charge is 2.04. The minimum Gasteiger partial charge on any atom is -0.492 e. The van der Waals surface area contributed by atoms with Crippen molar-refractivity contribution >= 4 is 21.8 Å². The number of fused-ring (bicyclic) bond motifs is 2. The Bertz CT molecular complexity index is 676. The van der Waals surface area contributed by atoms with Gasteiger partial charge in [0.2, 0.25) is 0 Å². The third-order valence-corrected chi connectivity index (χ3v) is 2.81. The van der Waals surface area contributed by atoms with Crippen LogP contribution in [0.3, 0.4) is 0 Å². The Hall–Kier alpha value is -2.09. The predicted molar refractivity (Wildman–Crippen MR) is 70.4 cm³/mol. The zero-order valence-corrected chi connectivity index (χ0v) is 9.68. The van der Waals surface area contributed by atoms with Gasteiger partial charge >= 0.3 is 0 Å². The molecule has 2 nitrogen and oxygen atoms in total. The molecule has 84 valence electrons. The Kier molecular flexibility index (Phi) is 2.41. The van der Waals surface area contributed by atoms with E-state index in [9.17, 15) is 0 Å². The Morgan fingerprint density at radius 2 is 1.82 bits per heavy atom. The van der Waals surface area contributed by atoms with Crippen LogP contribution in [0.1, 0.15) is 6.92 Å². The van der Waals surface area contributed by atoms with Gasteiger partial charge in [-0.3, -0.25) is 0 Å². The lowest BCUT2D eigenvalue weighted by Crippen LogP contribution is -1.93. The van der Waals surface area contributed by atoms with Crippen molar-refractivity contribution in [1.82, 2.24) is 4.98 Å². The van der Waals surface area contributed by atoms with E-state index in [1.807, 2.05) is 37.3 Å². The summed E-state index contributed by atoms with van der Waals surface area (Å²) in [5.74, 6) is 0.857. The summed E-state index contributed by atoms with van der Waals surface area (Å²) in [6.07, 6.45) is 0. The molecule has 0 amide bonds. The molecule has 2 heteroatoms. The van der Waals surface area contributed by atoms with Crippen molar-refractivity contribution in [2.45, 2.75) is 6.92 Å². The largest absolute Gasteiger partial charge is 0.492 e. The summed E-state index contributed by atoms with van der Waals surface area (Å²) in [5, 5.41) is 2.28. The highest BCUT2D eigenvalue weighted by molar-refractivity contribution is 5.95.